The summed E-state index contributed by atoms with van der Waals surface area (Å²) in [6, 6.07) is 0.161. The number of halogens is 3. The molecule has 7 heteroatoms. The molecule has 1 aromatic rings. The Kier molecular flexibility index (Phi) is 5.24. The van der Waals surface area contributed by atoms with E-state index >= 15 is 0 Å². The molecule has 1 aliphatic carbocycles. The molecule has 4 nitrogen and oxygen atoms in total. The van der Waals surface area contributed by atoms with Crippen molar-refractivity contribution in [3.63, 3.8) is 0 Å². The minimum absolute atomic E-state index is 0.161. The number of aromatic nitrogens is 3. The first-order valence-electron chi connectivity index (χ1n) is 7.56. The molecule has 1 heterocycles. The Morgan fingerprint density at radius 3 is 2.52 bits per heavy atom. The third kappa shape index (κ3) is 3.96. The van der Waals surface area contributed by atoms with Gasteiger partial charge < -0.3 is 5.32 Å². The summed E-state index contributed by atoms with van der Waals surface area (Å²) in [7, 11) is 1.87. The van der Waals surface area contributed by atoms with Crippen LogP contribution in [0.25, 0.3) is 0 Å². The second-order valence-electron chi connectivity index (χ2n) is 5.74. The molecule has 0 bridgehead atoms. The van der Waals surface area contributed by atoms with Crippen molar-refractivity contribution < 1.29 is 13.2 Å². The molecular formula is C14H23F3N4. The van der Waals surface area contributed by atoms with E-state index in [1.54, 1.807) is 0 Å². The third-order valence-corrected chi connectivity index (χ3v) is 4.57. The van der Waals surface area contributed by atoms with E-state index in [4.69, 9.17) is 0 Å². The van der Waals surface area contributed by atoms with Gasteiger partial charge in [-0.1, -0.05) is 0 Å². The van der Waals surface area contributed by atoms with E-state index in [9.17, 15) is 13.2 Å². The quantitative estimate of drug-likeness (QED) is 0.909. The average molecular weight is 304 g/mol. The Labute approximate surface area is 123 Å². The Balaban J connectivity index is 1.94. The van der Waals surface area contributed by atoms with Crippen LogP contribution >= 0.6 is 0 Å². The van der Waals surface area contributed by atoms with Crippen molar-refractivity contribution >= 4 is 0 Å². The molecule has 21 heavy (non-hydrogen) atoms. The van der Waals surface area contributed by atoms with E-state index in [1.807, 2.05) is 18.7 Å². The Hall–Kier alpha value is -1.11. The van der Waals surface area contributed by atoms with Gasteiger partial charge in [0, 0.05) is 19.0 Å². The summed E-state index contributed by atoms with van der Waals surface area (Å²) in [4.78, 5) is 4.26. The van der Waals surface area contributed by atoms with Gasteiger partial charge in [-0.25, -0.2) is 4.98 Å². The summed E-state index contributed by atoms with van der Waals surface area (Å²) in [5.74, 6) is 0.0518. The number of nitrogens with one attached hydrogen (secondary N) is 1. The maximum atomic E-state index is 12.7. The highest BCUT2D eigenvalue weighted by Crippen LogP contribution is 2.40. The zero-order chi connectivity index (χ0) is 15.5. The fraction of sp³-hybridized carbons (Fsp3) is 0.857. The highest BCUT2D eigenvalue weighted by molar-refractivity contribution is 4.93. The van der Waals surface area contributed by atoms with Gasteiger partial charge in [-0.2, -0.15) is 18.3 Å². The number of hydrogen-bond donors (Lipinski definition) is 1. The van der Waals surface area contributed by atoms with Crippen LogP contribution in [-0.2, 0) is 13.0 Å². The van der Waals surface area contributed by atoms with Gasteiger partial charge in [-0.15, -0.1) is 0 Å². The fourth-order valence-corrected chi connectivity index (χ4v) is 3.26. The van der Waals surface area contributed by atoms with E-state index in [-0.39, 0.29) is 24.8 Å². The van der Waals surface area contributed by atoms with E-state index in [1.165, 1.54) is 6.33 Å². The van der Waals surface area contributed by atoms with Gasteiger partial charge in [-0.3, -0.25) is 4.68 Å². The van der Waals surface area contributed by atoms with Gasteiger partial charge in [0.15, 0.2) is 0 Å². The molecule has 1 unspecified atom stereocenters. The van der Waals surface area contributed by atoms with Gasteiger partial charge in [0.05, 0.1) is 5.92 Å². The van der Waals surface area contributed by atoms with Crippen LogP contribution in [0.4, 0.5) is 13.2 Å². The molecule has 1 aromatic heterocycles. The minimum atomic E-state index is -4.04. The normalized spacial score (nSPS) is 25.0. The lowest BCUT2D eigenvalue weighted by Gasteiger charge is -2.34. The molecule has 1 fully saturated rings. The number of hydrogen-bond acceptors (Lipinski definition) is 3. The Morgan fingerprint density at radius 1 is 1.33 bits per heavy atom. The van der Waals surface area contributed by atoms with E-state index in [0.717, 1.165) is 12.4 Å². The molecule has 0 aromatic carbocycles. The smallest absolute Gasteiger partial charge is 0.316 e. The third-order valence-electron chi connectivity index (χ3n) is 4.57. The second kappa shape index (κ2) is 6.77. The standard InChI is InChI=1S/C14H23F3N4/c1-3-21-13(19-9-20-21)8-12(18-2)10-4-6-11(7-5-10)14(15,16)17/h9-12,18H,3-8H2,1-2H3. The summed E-state index contributed by atoms with van der Waals surface area (Å²) in [6.07, 6.45) is -0.0637. The van der Waals surface area contributed by atoms with E-state index in [0.29, 0.717) is 19.3 Å². The Bertz CT molecular complexity index is 436. The largest absolute Gasteiger partial charge is 0.391 e. The van der Waals surface area contributed by atoms with Crippen LogP contribution in [0.2, 0.25) is 0 Å². The van der Waals surface area contributed by atoms with Crippen LogP contribution in [0.15, 0.2) is 6.33 Å². The molecule has 0 radical (unpaired) electrons. The Morgan fingerprint density at radius 2 is 2.00 bits per heavy atom. The van der Waals surface area contributed by atoms with E-state index in [2.05, 4.69) is 15.4 Å². The second-order valence-corrected chi connectivity index (χ2v) is 5.74. The zero-order valence-electron chi connectivity index (χ0n) is 12.5. The maximum absolute atomic E-state index is 12.7. The van der Waals surface area contributed by atoms with Gasteiger partial charge in [-0.05, 0) is 45.6 Å². The van der Waals surface area contributed by atoms with Crippen molar-refractivity contribution in [2.45, 2.75) is 57.8 Å². The zero-order valence-corrected chi connectivity index (χ0v) is 12.5. The molecular weight excluding hydrogens is 281 g/mol. The number of likely N-dealkylation sites (N-methyl/N-ethyl adjacent to an activating group) is 1. The predicted molar refractivity (Wildman–Crippen MR) is 73.8 cm³/mol. The summed E-state index contributed by atoms with van der Waals surface area (Å²) >= 11 is 0. The lowest BCUT2D eigenvalue weighted by Crippen LogP contribution is -2.40. The van der Waals surface area contributed by atoms with Crippen LogP contribution in [-0.4, -0.2) is 34.0 Å². The maximum Gasteiger partial charge on any atom is 0.391 e. The molecule has 120 valence electrons. The summed E-state index contributed by atoms with van der Waals surface area (Å²) in [5, 5.41) is 7.39. The minimum Gasteiger partial charge on any atom is -0.316 e. The summed E-state index contributed by atoms with van der Waals surface area (Å²) in [5.41, 5.74) is 0. The first kappa shape index (κ1) is 16.3. The van der Waals surface area contributed by atoms with Crippen LogP contribution in [0.3, 0.4) is 0 Å². The summed E-state index contributed by atoms with van der Waals surface area (Å²) < 4.78 is 40.0. The number of nitrogens with zero attached hydrogens (tertiary/aromatic N) is 3. The average Bonchev–Trinajstić information content (AvgIpc) is 2.91. The molecule has 0 spiro atoms. The monoisotopic (exact) mass is 304 g/mol. The SMILES string of the molecule is CCn1ncnc1CC(NC)C1CCC(C(F)(F)F)CC1. The van der Waals surface area contributed by atoms with Crippen molar-refractivity contribution in [3.05, 3.63) is 12.2 Å². The topological polar surface area (TPSA) is 42.7 Å². The van der Waals surface area contributed by atoms with Crippen LogP contribution in [0, 0.1) is 11.8 Å². The van der Waals surface area contributed by atoms with Crippen molar-refractivity contribution in [2.24, 2.45) is 11.8 Å². The van der Waals surface area contributed by atoms with Crippen molar-refractivity contribution in [3.8, 4) is 0 Å². The first-order chi connectivity index (χ1) is 9.95. The van der Waals surface area contributed by atoms with E-state index < -0.39 is 12.1 Å². The highest BCUT2D eigenvalue weighted by Gasteiger charge is 2.42. The van der Waals surface area contributed by atoms with Gasteiger partial charge >= 0.3 is 6.18 Å². The molecule has 0 aliphatic heterocycles. The lowest BCUT2D eigenvalue weighted by molar-refractivity contribution is -0.184. The highest BCUT2D eigenvalue weighted by atomic mass is 19.4. The van der Waals surface area contributed by atoms with Gasteiger partial charge in [0.2, 0.25) is 0 Å². The first-order valence-corrected chi connectivity index (χ1v) is 7.56. The molecule has 1 aliphatic rings. The van der Waals surface area contributed by atoms with Crippen molar-refractivity contribution in [1.29, 1.82) is 0 Å². The van der Waals surface area contributed by atoms with Crippen molar-refractivity contribution in [2.75, 3.05) is 7.05 Å². The van der Waals surface area contributed by atoms with Gasteiger partial charge in [0.25, 0.3) is 0 Å². The fourth-order valence-electron chi connectivity index (χ4n) is 3.26. The molecule has 1 saturated carbocycles. The van der Waals surface area contributed by atoms with Crippen molar-refractivity contribution in [1.82, 2.24) is 20.1 Å². The number of alkyl halides is 3. The van der Waals surface area contributed by atoms with Crippen LogP contribution in [0.1, 0.15) is 38.4 Å². The molecule has 2 rings (SSSR count). The van der Waals surface area contributed by atoms with Gasteiger partial charge in [0.1, 0.15) is 12.2 Å². The molecule has 0 saturated heterocycles. The molecule has 1 N–H and O–H groups in total. The summed E-state index contributed by atoms with van der Waals surface area (Å²) in [6.45, 7) is 2.76. The number of rotatable bonds is 5. The van der Waals surface area contributed by atoms with Crippen LogP contribution < -0.4 is 5.32 Å². The number of aryl methyl sites for hydroxylation is 1. The molecule has 1 atom stereocenters. The van der Waals surface area contributed by atoms with Crippen LogP contribution in [0.5, 0.6) is 0 Å². The molecule has 0 amide bonds. The predicted octanol–water partition coefficient (Wildman–Crippen LogP) is 2.80. The lowest BCUT2D eigenvalue weighted by atomic mass is 9.77.